The van der Waals surface area contributed by atoms with E-state index >= 15 is 0 Å². The summed E-state index contributed by atoms with van der Waals surface area (Å²) in [6, 6.07) is -0.909. The maximum absolute atomic E-state index is 11.8. The van der Waals surface area contributed by atoms with Gasteiger partial charge < -0.3 is 15.7 Å². The van der Waals surface area contributed by atoms with E-state index in [1.54, 1.807) is 6.92 Å². The minimum atomic E-state index is -1.05. The summed E-state index contributed by atoms with van der Waals surface area (Å²) in [5, 5.41) is 14.1. The first kappa shape index (κ1) is 18.5. The molecule has 1 rings (SSSR count). The summed E-state index contributed by atoms with van der Waals surface area (Å²) in [6.07, 6.45) is 6.86. The van der Waals surface area contributed by atoms with E-state index in [4.69, 9.17) is 5.11 Å². The number of nitrogens with one attached hydrogen (secondary N) is 2. The lowest BCUT2D eigenvalue weighted by Crippen LogP contribution is -2.48. The lowest BCUT2D eigenvalue weighted by Gasteiger charge is -2.20. The van der Waals surface area contributed by atoms with Crippen LogP contribution in [0.4, 0.5) is 0 Å². The summed E-state index contributed by atoms with van der Waals surface area (Å²) in [4.78, 5) is 34.6. The molecule has 1 aliphatic rings. The Kier molecular flexibility index (Phi) is 7.91. The first-order chi connectivity index (χ1) is 10.4. The van der Waals surface area contributed by atoms with Crippen LogP contribution in [-0.4, -0.2) is 35.5 Å². The zero-order valence-electron chi connectivity index (χ0n) is 13.6. The Morgan fingerprint density at radius 3 is 2.36 bits per heavy atom. The molecule has 22 heavy (non-hydrogen) atoms. The van der Waals surface area contributed by atoms with Crippen LogP contribution in [0.25, 0.3) is 0 Å². The van der Waals surface area contributed by atoms with Gasteiger partial charge in [0.2, 0.25) is 11.8 Å². The number of carboxylic acids is 1. The third-order valence-electron chi connectivity index (χ3n) is 4.50. The molecule has 0 heterocycles. The second-order valence-corrected chi connectivity index (χ2v) is 6.23. The molecule has 0 unspecified atom stereocenters. The first-order valence-corrected chi connectivity index (χ1v) is 8.22. The number of carbonyl (C=O) groups is 3. The van der Waals surface area contributed by atoms with Gasteiger partial charge in [0, 0.05) is 6.42 Å². The molecule has 2 atom stereocenters. The Bertz CT molecular complexity index is 392. The van der Waals surface area contributed by atoms with Crippen LogP contribution in [0.3, 0.4) is 0 Å². The van der Waals surface area contributed by atoms with Gasteiger partial charge in [0.15, 0.2) is 0 Å². The maximum Gasteiger partial charge on any atom is 0.326 e. The van der Waals surface area contributed by atoms with Crippen molar-refractivity contribution in [1.82, 2.24) is 10.6 Å². The highest BCUT2D eigenvalue weighted by molar-refractivity contribution is 5.87. The van der Waals surface area contributed by atoms with E-state index in [0.29, 0.717) is 18.8 Å². The Balaban J connectivity index is 2.25. The van der Waals surface area contributed by atoms with Crippen LogP contribution in [0, 0.1) is 11.8 Å². The molecule has 2 amide bonds. The van der Waals surface area contributed by atoms with E-state index in [1.807, 2.05) is 6.92 Å². The van der Waals surface area contributed by atoms with Gasteiger partial charge in [-0.2, -0.15) is 0 Å². The third-order valence-corrected chi connectivity index (χ3v) is 4.50. The van der Waals surface area contributed by atoms with E-state index in [0.717, 1.165) is 6.42 Å². The quantitative estimate of drug-likeness (QED) is 0.603. The van der Waals surface area contributed by atoms with Gasteiger partial charge in [-0.3, -0.25) is 9.59 Å². The Hall–Kier alpha value is -1.59. The second-order valence-electron chi connectivity index (χ2n) is 6.23. The van der Waals surface area contributed by atoms with Crippen LogP contribution >= 0.6 is 0 Å². The molecule has 0 aliphatic heterocycles. The molecule has 0 aromatic heterocycles. The lowest BCUT2D eigenvalue weighted by atomic mass is 9.99. The fraction of sp³-hybridized carbons (Fsp3) is 0.812. The van der Waals surface area contributed by atoms with E-state index in [2.05, 4.69) is 10.6 Å². The molecule has 1 saturated carbocycles. The van der Waals surface area contributed by atoms with Gasteiger partial charge in [0.25, 0.3) is 0 Å². The fourth-order valence-electron chi connectivity index (χ4n) is 2.81. The molecular formula is C16H28N2O4. The summed E-state index contributed by atoms with van der Waals surface area (Å²) in [7, 11) is 0. The van der Waals surface area contributed by atoms with Crippen molar-refractivity contribution in [1.29, 1.82) is 0 Å². The highest BCUT2D eigenvalue weighted by Crippen LogP contribution is 2.28. The number of carbonyl (C=O) groups excluding carboxylic acids is 2. The molecule has 0 aromatic rings. The zero-order chi connectivity index (χ0) is 16.5. The van der Waals surface area contributed by atoms with Crippen molar-refractivity contribution in [3.05, 3.63) is 0 Å². The largest absolute Gasteiger partial charge is 0.480 e. The second kappa shape index (κ2) is 9.43. The molecule has 0 radical (unpaired) electrons. The molecule has 0 aromatic carbocycles. The standard InChI is InChI=1S/C16H28N2O4/c1-3-11(2)15(16(21)22)18-14(20)10-17-13(19)9-8-12-6-4-5-7-12/h11-12,15H,3-10H2,1-2H3,(H,17,19)(H,18,20)(H,21,22)/t11-,15-/m0/s1. The van der Waals surface area contributed by atoms with Crippen LogP contribution < -0.4 is 10.6 Å². The van der Waals surface area contributed by atoms with Crippen LogP contribution in [0.5, 0.6) is 0 Å². The normalized spacial score (nSPS) is 17.7. The predicted molar refractivity (Wildman–Crippen MR) is 83.2 cm³/mol. The average molecular weight is 312 g/mol. The van der Waals surface area contributed by atoms with Crippen molar-refractivity contribution >= 4 is 17.8 Å². The van der Waals surface area contributed by atoms with Gasteiger partial charge in [0.1, 0.15) is 6.04 Å². The zero-order valence-corrected chi connectivity index (χ0v) is 13.6. The number of hydrogen-bond acceptors (Lipinski definition) is 3. The van der Waals surface area contributed by atoms with E-state index in [-0.39, 0.29) is 18.4 Å². The molecule has 6 heteroatoms. The summed E-state index contributed by atoms with van der Waals surface area (Å²) < 4.78 is 0. The summed E-state index contributed by atoms with van der Waals surface area (Å²) in [5.74, 6) is -1.16. The van der Waals surface area contributed by atoms with Crippen molar-refractivity contribution < 1.29 is 19.5 Å². The van der Waals surface area contributed by atoms with Crippen LogP contribution in [0.2, 0.25) is 0 Å². The van der Waals surface area contributed by atoms with Gasteiger partial charge in [-0.1, -0.05) is 46.0 Å². The van der Waals surface area contributed by atoms with Crippen molar-refractivity contribution in [3.63, 3.8) is 0 Å². The minimum absolute atomic E-state index is 0.141. The number of rotatable bonds is 9. The van der Waals surface area contributed by atoms with Crippen molar-refractivity contribution in [2.24, 2.45) is 11.8 Å². The number of carboxylic acid groups (broad SMARTS) is 1. The molecule has 0 bridgehead atoms. The lowest BCUT2D eigenvalue weighted by molar-refractivity contribution is -0.143. The summed E-state index contributed by atoms with van der Waals surface area (Å²) in [6.45, 7) is 3.49. The van der Waals surface area contributed by atoms with Gasteiger partial charge in [-0.25, -0.2) is 4.79 Å². The fourth-order valence-corrected chi connectivity index (χ4v) is 2.81. The number of hydrogen-bond donors (Lipinski definition) is 3. The molecule has 3 N–H and O–H groups in total. The number of amides is 2. The SMILES string of the molecule is CC[C@H](C)[C@H](NC(=O)CNC(=O)CCC1CCCC1)C(=O)O. The molecule has 0 spiro atoms. The topological polar surface area (TPSA) is 95.5 Å². The Morgan fingerprint density at radius 1 is 1.18 bits per heavy atom. The van der Waals surface area contributed by atoms with E-state index in [9.17, 15) is 14.4 Å². The van der Waals surface area contributed by atoms with E-state index < -0.39 is 17.9 Å². The van der Waals surface area contributed by atoms with Gasteiger partial charge in [-0.05, 0) is 18.3 Å². The first-order valence-electron chi connectivity index (χ1n) is 8.22. The van der Waals surface area contributed by atoms with Crippen LogP contribution in [0.15, 0.2) is 0 Å². The van der Waals surface area contributed by atoms with Gasteiger partial charge in [-0.15, -0.1) is 0 Å². The highest BCUT2D eigenvalue weighted by atomic mass is 16.4. The van der Waals surface area contributed by atoms with Crippen molar-refractivity contribution in [2.45, 2.75) is 64.8 Å². The molecular weight excluding hydrogens is 284 g/mol. The molecule has 1 fully saturated rings. The Labute approximate surface area is 132 Å². The van der Waals surface area contributed by atoms with Crippen molar-refractivity contribution in [2.75, 3.05) is 6.54 Å². The van der Waals surface area contributed by atoms with Crippen LogP contribution in [0.1, 0.15) is 58.8 Å². The van der Waals surface area contributed by atoms with Gasteiger partial charge >= 0.3 is 5.97 Å². The maximum atomic E-state index is 11.8. The minimum Gasteiger partial charge on any atom is -0.480 e. The van der Waals surface area contributed by atoms with Gasteiger partial charge in [0.05, 0.1) is 6.54 Å². The number of aliphatic carboxylic acids is 1. The van der Waals surface area contributed by atoms with Crippen molar-refractivity contribution in [3.8, 4) is 0 Å². The molecule has 126 valence electrons. The highest BCUT2D eigenvalue weighted by Gasteiger charge is 2.25. The molecule has 0 saturated heterocycles. The Morgan fingerprint density at radius 2 is 1.82 bits per heavy atom. The molecule has 6 nitrogen and oxygen atoms in total. The van der Waals surface area contributed by atoms with Crippen LogP contribution in [-0.2, 0) is 14.4 Å². The predicted octanol–water partition coefficient (Wildman–Crippen LogP) is 1.69. The average Bonchev–Trinajstić information content (AvgIpc) is 3.00. The monoisotopic (exact) mass is 312 g/mol. The smallest absolute Gasteiger partial charge is 0.326 e. The third kappa shape index (κ3) is 6.45. The molecule has 1 aliphatic carbocycles. The summed E-state index contributed by atoms with van der Waals surface area (Å²) in [5.41, 5.74) is 0. The summed E-state index contributed by atoms with van der Waals surface area (Å²) >= 11 is 0. The van der Waals surface area contributed by atoms with E-state index in [1.165, 1.54) is 25.7 Å².